The summed E-state index contributed by atoms with van der Waals surface area (Å²) < 4.78 is 13.9. The zero-order chi connectivity index (χ0) is 34.1. The zero-order valence-corrected chi connectivity index (χ0v) is 34.2. The molecule has 0 aromatic heterocycles. The van der Waals surface area contributed by atoms with Gasteiger partial charge < -0.3 is 14.1 Å². The highest BCUT2D eigenvalue weighted by atomic mass is 28.4. The molecule has 8 heteroatoms. The zero-order valence-electron chi connectivity index (χ0n) is 30.2. The van der Waals surface area contributed by atoms with Crippen LogP contribution in [0.3, 0.4) is 0 Å². The van der Waals surface area contributed by atoms with Gasteiger partial charge in [-0.25, -0.2) is 0 Å². The normalized spacial score (nSPS) is 15.5. The number of hydrogen-bond donors (Lipinski definition) is 1. The first-order valence-corrected chi connectivity index (χ1v) is 29.0. The molecule has 0 radical (unpaired) electrons. The van der Waals surface area contributed by atoms with Crippen LogP contribution in [-0.2, 0) is 15.5 Å². The SMILES string of the molecule is CC(C)(C)[Si](OC[C@@H]1OB(O)c2c(C#C[Si](C)(C)C)c(CC#C[Si](C)(C)C)cc([Si](C)(C)C)c21)(c1ccccc1)c1ccccc1. The minimum Gasteiger partial charge on any atom is -0.423 e. The van der Waals surface area contributed by atoms with E-state index in [0.717, 1.165) is 22.2 Å². The molecule has 3 aromatic carbocycles. The summed E-state index contributed by atoms with van der Waals surface area (Å²) in [6, 6.07) is 23.8. The van der Waals surface area contributed by atoms with E-state index in [9.17, 15) is 5.02 Å². The van der Waals surface area contributed by atoms with Gasteiger partial charge in [-0.3, -0.25) is 0 Å². The van der Waals surface area contributed by atoms with Crippen molar-refractivity contribution in [3.05, 3.63) is 83.4 Å². The lowest BCUT2D eigenvalue weighted by atomic mass is 9.74. The molecule has 0 spiro atoms. The molecule has 0 amide bonds. The van der Waals surface area contributed by atoms with Crippen molar-refractivity contribution in [2.24, 2.45) is 0 Å². The van der Waals surface area contributed by atoms with Crippen molar-refractivity contribution in [3.8, 4) is 22.9 Å². The van der Waals surface area contributed by atoms with E-state index in [4.69, 9.17) is 9.08 Å². The van der Waals surface area contributed by atoms with Gasteiger partial charge in [-0.2, -0.15) is 0 Å². The summed E-state index contributed by atoms with van der Waals surface area (Å²) in [4.78, 5) is 0. The maximum absolute atomic E-state index is 11.7. The Labute approximate surface area is 283 Å². The highest BCUT2D eigenvalue weighted by Gasteiger charge is 2.51. The Morgan fingerprint density at radius 1 is 0.804 bits per heavy atom. The Morgan fingerprint density at radius 3 is 1.78 bits per heavy atom. The molecule has 4 rings (SSSR count). The molecular weight excluding hydrogens is 628 g/mol. The summed E-state index contributed by atoms with van der Waals surface area (Å²) in [5.74, 6) is 7.08. The average Bonchev–Trinajstić information content (AvgIpc) is 3.26. The Kier molecular flexibility index (Phi) is 10.8. The second-order valence-electron chi connectivity index (χ2n) is 16.7. The van der Waals surface area contributed by atoms with Crippen LogP contribution in [-0.4, -0.2) is 51.3 Å². The topological polar surface area (TPSA) is 38.7 Å². The van der Waals surface area contributed by atoms with Crippen LogP contribution in [0.25, 0.3) is 0 Å². The summed E-state index contributed by atoms with van der Waals surface area (Å²) >= 11 is 0. The highest BCUT2D eigenvalue weighted by molar-refractivity contribution is 6.99. The van der Waals surface area contributed by atoms with E-state index < -0.39 is 45.8 Å². The molecule has 0 aliphatic carbocycles. The molecule has 0 saturated heterocycles. The van der Waals surface area contributed by atoms with Gasteiger partial charge in [0.1, 0.15) is 16.1 Å². The van der Waals surface area contributed by atoms with Crippen LogP contribution < -0.4 is 21.0 Å². The van der Waals surface area contributed by atoms with Crippen LogP contribution in [0.4, 0.5) is 0 Å². The maximum Gasteiger partial charge on any atom is 0.493 e. The van der Waals surface area contributed by atoms with Gasteiger partial charge in [0.05, 0.1) is 20.8 Å². The second kappa shape index (κ2) is 13.6. The second-order valence-corrected chi connectivity index (χ2v) is 35.6. The minimum absolute atomic E-state index is 0.162. The Bertz CT molecular complexity index is 1620. The molecule has 1 aliphatic heterocycles. The quantitative estimate of drug-likeness (QED) is 0.238. The van der Waals surface area contributed by atoms with Crippen molar-refractivity contribution in [3.63, 3.8) is 0 Å². The van der Waals surface area contributed by atoms with Gasteiger partial charge in [0.15, 0.2) is 0 Å². The number of benzene rings is 3. The molecule has 1 atom stereocenters. The Morgan fingerprint density at radius 2 is 1.33 bits per heavy atom. The molecule has 1 heterocycles. The first-order valence-electron chi connectivity index (χ1n) is 16.6. The first kappa shape index (κ1) is 36.4. The Balaban J connectivity index is 1.92. The molecule has 46 heavy (non-hydrogen) atoms. The molecule has 1 N–H and O–H groups in total. The van der Waals surface area contributed by atoms with E-state index in [1.54, 1.807) is 0 Å². The van der Waals surface area contributed by atoms with E-state index in [2.05, 4.69) is 169 Å². The first-order chi connectivity index (χ1) is 21.2. The fourth-order valence-corrected chi connectivity index (χ4v) is 13.7. The molecule has 0 saturated carbocycles. The Hall–Kier alpha value is -2.41. The summed E-state index contributed by atoms with van der Waals surface area (Å²) in [7, 11) is -9.02. The van der Waals surface area contributed by atoms with Gasteiger partial charge in [0, 0.05) is 17.4 Å². The van der Waals surface area contributed by atoms with Gasteiger partial charge in [0.25, 0.3) is 8.32 Å². The van der Waals surface area contributed by atoms with E-state index in [1.807, 2.05) is 0 Å². The molecule has 3 aromatic rings. The fraction of sp³-hybridized carbons (Fsp3) is 0.421. The van der Waals surface area contributed by atoms with Crippen LogP contribution >= 0.6 is 0 Å². The van der Waals surface area contributed by atoms with E-state index >= 15 is 0 Å². The molecule has 1 aliphatic rings. The summed E-state index contributed by atoms with van der Waals surface area (Å²) in [6.45, 7) is 28.0. The van der Waals surface area contributed by atoms with Crippen molar-refractivity contribution in [1.29, 1.82) is 0 Å². The smallest absolute Gasteiger partial charge is 0.423 e. The van der Waals surface area contributed by atoms with E-state index in [-0.39, 0.29) is 5.04 Å². The average molecular weight is 681 g/mol. The predicted molar refractivity (Wildman–Crippen MR) is 209 cm³/mol. The van der Waals surface area contributed by atoms with Gasteiger partial charge in [-0.15, -0.1) is 17.0 Å². The summed E-state index contributed by atoms with van der Waals surface area (Å²) in [5.41, 5.74) is 11.1. The van der Waals surface area contributed by atoms with E-state index in [0.29, 0.717) is 13.0 Å². The van der Waals surface area contributed by atoms with Gasteiger partial charge >= 0.3 is 7.12 Å². The molecule has 3 nitrogen and oxygen atoms in total. The van der Waals surface area contributed by atoms with E-state index in [1.165, 1.54) is 15.6 Å². The van der Waals surface area contributed by atoms with Crippen LogP contribution in [0.15, 0.2) is 66.7 Å². The van der Waals surface area contributed by atoms with Crippen molar-refractivity contribution in [1.82, 2.24) is 0 Å². The van der Waals surface area contributed by atoms with Crippen molar-refractivity contribution >= 4 is 60.7 Å². The van der Waals surface area contributed by atoms with Crippen LogP contribution in [0.5, 0.6) is 0 Å². The van der Waals surface area contributed by atoms with Crippen LogP contribution in [0.2, 0.25) is 64.0 Å². The fourth-order valence-electron chi connectivity index (χ4n) is 6.32. The standard InChI is InChI=1S/C38H53BO3Si4/c1-38(2,3)46(31-21-15-13-16-22-31,32-23-17-14-18-24-32)41-29-34-36-35(45(10,11)12)28-30(20-19-26-43(4,5)6)33(25-27-44(7,8)9)37(36)39(40)42-34/h13-18,21-24,28,34,40H,20,29H2,1-12H3/t34-/m0/s1. The summed E-state index contributed by atoms with van der Waals surface area (Å²) in [6.07, 6.45) is 0.226. The van der Waals surface area contributed by atoms with Crippen molar-refractivity contribution in [2.45, 2.75) is 97.3 Å². The predicted octanol–water partition coefficient (Wildman–Crippen LogP) is 6.22. The van der Waals surface area contributed by atoms with Gasteiger partial charge in [-0.1, -0.05) is 158 Å². The third kappa shape index (κ3) is 8.17. The lowest BCUT2D eigenvalue weighted by Crippen LogP contribution is -2.66. The van der Waals surface area contributed by atoms with Crippen molar-refractivity contribution < 1.29 is 14.1 Å². The van der Waals surface area contributed by atoms with Gasteiger partial charge in [-0.05, 0) is 26.5 Å². The molecule has 0 fully saturated rings. The number of hydrogen-bond acceptors (Lipinski definition) is 3. The summed E-state index contributed by atoms with van der Waals surface area (Å²) in [5, 5.41) is 15.3. The third-order valence-corrected chi connectivity index (χ3v) is 17.2. The largest absolute Gasteiger partial charge is 0.493 e. The van der Waals surface area contributed by atoms with Crippen LogP contribution in [0, 0.1) is 22.9 Å². The number of rotatable bonds is 7. The minimum atomic E-state index is -2.81. The molecule has 0 unspecified atom stereocenters. The highest BCUT2D eigenvalue weighted by Crippen LogP contribution is 2.38. The number of fused-ring (bicyclic) bond motifs is 1. The lowest BCUT2D eigenvalue weighted by molar-refractivity contribution is 0.118. The van der Waals surface area contributed by atoms with Crippen LogP contribution in [0.1, 0.15) is 43.6 Å². The monoisotopic (exact) mass is 680 g/mol. The lowest BCUT2D eigenvalue weighted by Gasteiger charge is -2.43. The van der Waals surface area contributed by atoms with Gasteiger partial charge in [0.2, 0.25) is 0 Å². The maximum atomic E-state index is 11.7. The third-order valence-electron chi connectivity index (χ3n) is 8.33. The van der Waals surface area contributed by atoms with Crippen molar-refractivity contribution in [2.75, 3.05) is 6.61 Å². The molecule has 242 valence electrons. The molecule has 0 bridgehead atoms. The molecular formula is C38H53BO3Si4.